The topological polar surface area (TPSA) is 21.3 Å². The Morgan fingerprint density at radius 1 is 1.19 bits per heavy atom. The molecule has 1 unspecified atom stereocenters. The van der Waals surface area contributed by atoms with E-state index in [1.54, 1.807) is 7.11 Å². The first-order valence-corrected chi connectivity index (χ1v) is 8.82. The molecule has 0 aromatic heterocycles. The number of rotatable bonds is 6. The van der Waals surface area contributed by atoms with E-state index < -0.39 is 0 Å². The fourth-order valence-electron chi connectivity index (χ4n) is 2.32. The van der Waals surface area contributed by atoms with Crippen LogP contribution in [0, 0.1) is 3.57 Å². The van der Waals surface area contributed by atoms with Crippen molar-refractivity contribution >= 4 is 38.5 Å². The van der Waals surface area contributed by atoms with E-state index in [1.165, 1.54) is 14.7 Å². The van der Waals surface area contributed by atoms with Gasteiger partial charge in [0.1, 0.15) is 5.75 Å². The minimum Gasteiger partial charge on any atom is -0.497 e. The van der Waals surface area contributed by atoms with Gasteiger partial charge in [0.25, 0.3) is 0 Å². The molecule has 0 heterocycles. The molecule has 1 N–H and O–H groups in total. The standard InChI is InChI=1S/C17H19BrINO/c1-3-20-17(15-11-13(19)6-9-16(15)18)10-12-4-7-14(21-2)8-5-12/h4-9,11,17,20H,3,10H2,1-2H3. The van der Waals surface area contributed by atoms with E-state index >= 15 is 0 Å². The summed E-state index contributed by atoms with van der Waals surface area (Å²) in [4.78, 5) is 0. The summed E-state index contributed by atoms with van der Waals surface area (Å²) in [5.74, 6) is 0.897. The lowest BCUT2D eigenvalue weighted by Gasteiger charge is -2.20. The Morgan fingerprint density at radius 3 is 2.52 bits per heavy atom. The van der Waals surface area contributed by atoms with Crippen LogP contribution in [-0.4, -0.2) is 13.7 Å². The van der Waals surface area contributed by atoms with Gasteiger partial charge in [-0.1, -0.05) is 35.0 Å². The first-order valence-electron chi connectivity index (χ1n) is 6.95. The lowest BCUT2D eigenvalue weighted by molar-refractivity contribution is 0.414. The van der Waals surface area contributed by atoms with E-state index in [9.17, 15) is 0 Å². The van der Waals surface area contributed by atoms with Crippen molar-refractivity contribution in [3.05, 3.63) is 61.6 Å². The summed E-state index contributed by atoms with van der Waals surface area (Å²) in [6, 6.07) is 15.1. The summed E-state index contributed by atoms with van der Waals surface area (Å²) in [7, 11) is 1.69. The Hall–Kier alpha value is -0.590. The average molecular weight is 460 g/mol. The predicted molar refractivity (Wildman–Crippen MR) is 100.0 cm³/mol. The molecule has 4 heteroatoms. The minimum atomic E-state index is 0.299. The van der Waals surface area contributed by atoms with Gasteiger partial charge in [-0.2, -0.15) is 0 Å². The zero-order valence-corrected chi connectivity index (χ0v) is 15.9. The van der Waals surface area contributed by atoms with E-state index in [0.717, 1.165) is 23.2 Å². The normalized spacial score (nSPS) is 12.2. The third-order valence-corrected chi connectivity index (χ3v) is 4.78. The number of ether oxygens (including phenoxy) is 1. The van der Waals surface area contributed by atoms with Crippen molar-refractivity contribution in [2.75, 3.05) is 13.7 Å². The molecule has 112 valence electrons. The van der Waals surface area contributed by atoms with Crippen molar-refractivity contribution in [1.29, 1.82) is 0 Å². The van der Waals surface area contributed by atoms with Crippen LogP contribution in [-0.2, 0) is 6.42 Å². The average Bonchev–Trinajstić information content (AvgIpc) is 2.50. The molecule has 21 heavy (non-hydrogen) atoms. The van der Waals surface area contributed by atoms with Crippen molar-refractivity contribution in [3.63, 3.8) is 0 Å². The van der Waals surface area contributed by atoms with Crippen LogP contribution >= 0.6 is 38.5 Å². The molecule has 2 aromatic rings. The number of likely N-dealkylation sites (N-methyl/N-ethyl adjacent to an activating group) is 1. The molecule has 0 bridgehead atoms. The predicted octanol–water partition coefficient (Wildman–Crippen LogP) is 4.96. The Morgan fingerprint density at radius 2 is 1.90 bits per heavy atom. The molecule has 0 aliphatic carbocycles. The minimum absolute atomic E-state index is 0.299. The number of nitrogens with one attached hydrogen (secondary N) is 1. The van der Waals surface area contributed by atoms with Crippen LogP contribution in [0.4, 0.5) is 0 Å². The van der Waals surface area contributed by atoms with Crippen molar-refractivity contribution < 1.29 is 4.74 Å². The Labute approximate surface area is 148 Å². The molecule has 0 fully saturated rings. The first kappa shape index (κ1) is 16.8. The molecule has 0 saturated heterocycles. The van der Waals surface area contributed by atoms with Gasteiger partial charge in [-0.15, -0.1) is 0 Å². The highest BCUT2D eigenvalue weighted by Crippen LogP contribution is 2.28. The van der Waals surface area contributed by atoms with Gasteiger partial charge in [-0.3, -0.25) is 0 Å². The van der Waals surface area contributed by atoms with Crippen LogP contribution in [0.15, 0.2) is 46.9 Å². The van der Waals surface area contributed by atoms with Gasteiger partial charge in [0, 0.05) is 14.1 Å². The fraction of sp³-hybridized carbons (Fsp3) is 0.294. The quantitative estimate of drug-likeness (QED) is 0.616. The highest BCUT2D eigenvalue weighted by molar-refractivity contribution is 14.1. The van der Waals surface area contributed by atoms with Gasteiger partial charge in [-0.05, 0) is 77.0 Å². The van der Waals surface area contributed by atoms with E-state index in [2.05, 4.69) is 81.1 Å². The van der Waals surface area contributed by atoms with E-state index in [0.29, 0.717) is 6.04 Å². The van der Waals surface area contributed by atoms with Gasteiger partial charge in [-0.25, -0.2) is 0 Å². The van der Waals surface area contributed by atoms with Gasteiger partial charge in [0.05, 0.1) is 7.11 Å². The van der Waals surface area contributed by atoms with E-state index in [4.69, 9.17) is 4.74 Å². The van der Waals surface area contributed by atoms with Crippen LogP contribution in [0.1, 0.15) is 24.1 Å². The summed E-state index contributed by atoms with van der Waals surface area (Å²) in [5, 5.41) is 3.58. The molecule has 0 amide bonds. The maximum Gasteiger partial charge on any atom is 0.118 e. The maximum absolute atomic E-state index is 5.22. The van der Waals surface area contributed by atoms with E-state index in [1.807, 2.05) is 12.1 Å². The van der Waals surface area contributed by atoms with Crippen molar-refractivity contribution in [2.24, 2.45) is 0 Å². The molecule has 2 nitrogen and oxygen atoms in total. The van der Waals surface area contributed by atoms with Gasteiger partial charge >= 0.3 is 0 Å². The van der Waals surface area contributed by atoms with Gasteiger partial charge < -0.3 is 10.1 Å². The summed E-state index contributed by atoms with van der Waals surface area (Å²) in [5.41, 5.74) is 2.60. The zero-order valence-electron chi connectivity index (χ0n) is 12.2. The molecule has 0 saturated carbocycles. The number of hydrogen-bond acceptors (Lipinski definition) is 2. The van der Waals surface area contributed by atoms with Crippen LogP contribution in [0.5, 0.6) is 5.75 Å². The second-order valence-corrected chi connectivity index (χ2v) is 6.93. The molecule has 0 spiro atoms. The summed E-state index contributed by atoms with van der Waals surface area (Å²) >= 11 is 6.03. The number of halogens is 2. The SMILES string of the molecule is CCNC(Cc1ccc(OC)cc1)c1cc(I)ccc1Br. The van der Waals surface area contributed by atoms with Crippen LogP contribution < -0.4 is 10.1 Å². The van der Waals surface area contributed by atoms with Crippen LogP contribution in [0.2, 0.25) is 0 Å². The fourth-order valence-corrected chi connectivity index (χ4v) is 3.36. The lowest BCUT2D eigenvalue weighted by atomic mass is 9.99. The van der Waals surface area contributed by atoms with Crippen LogP contribution in [0.3, 0.4) is 0 Å². The zero-order chi connectivity index (χ0) is 15.2. The Bertz CT molecular complexity index is 586. The number of methoxy groups -OCH3 is 1. The molecular weight excluding hydrogens is 441 g/mol. The summed E-state index contributed by atoms with van der Waals surface area (Å²) < 4.78 is 7.63. The third kappa shape index (κ3) is 4.69. The molecule has 2 rings (SSSR count). The van der Waals surface area contributed by atoms with Crippen molar-refractivity contribution in [2.45, 2.75) is 19.4 Å². The van der Waals surface area contributed by atoms with Gasteiger partial charge in [0.15, 0.2) is 0 Å². The smallest absolute Gasteiger partial charge is 0.118 e. The summed E-state index contributed by atoms with van der Waals surface area (Å²) in [6.07, 6.45) is 0.955. The second-order valence-electron chi connectivity index (χ2n) is 4.83. The molecule has 0 aliphatic heterocycles. The van der Waals surface area contributed by atoms with E-state index in [-0.39, 0.29) is 0 Å². The first-order chi connectivity index (χ1) is 10.1. The number of hydrogen-bond donors (Lipinski definition) is 1. The van der Waals surface area contributed by atoms with Crippen LogP contribution in [0.25, 0.3) is 0 Å². The molecule has 1 atom stereocenters. The largest absolute Gasteiger partial charge is 0.497 e. The third-order valence-electron chi connectivity index (χ3n) is 3.38. The second kappa shape index (κ2) is 8.15. The van der Waals surface area contributed by atoms with Crippen molar-refractivity contribution in [1.82, 2.24) is 5.32 Å². The number of benzene rings is 2. The molecule has 2 aromatic carbocycles. The summed E-state index contributed by atoms with van der Waals surface area (Å²) in [6.45, 7) is 3.08. The Kier molecular flexibility index (Phi) is 6.51. The highest BCUT2D eigenvalue weighted by atomic mass is 127. The maximum atomic E-state index is 5.22. The highest BCUT2D eigenvalue weighted by Gasteiger charge is 2.14. The van der Waals surface area contributed by atoms with Gasteiger partial charge in [0.2, 0.25) is 0 Å². The molecule has 0 aliphatic rings. The Balaban J connectivity index is 2.23. The molecular formula is C17H19BrINO. The molecule has 0 radical (unpaired) electrons. The van der Waals surface area contributed by atoms with Crippen molar-refractivity contribution in [3.8, 4) is 5.75 Å². The lowest BCUT2D eigenvalue weighted by Crippen LogP contribution is -2.23. The monoisotopic (exact) mass is 459 g/mol.